The van der Waals surface area contributed by atoms with Gasteiger partial charge < -0.3 is 14.7 Å². The van der Waals surface area contributed by atoms with Gasteiger partial charge in [-0.15, -0.1) is 0 Å². The van der Waals surface area contributed by atoms with Gasteiger partial charge in [-0.1, -0.05) is 30.3 Å². The third-order valence-electron chi connectivity index (χ3n) is 7.00. The highest BCUT2D eigenvalue weighted by atomic mass is 19.1. The van der Waals surface area contributed by atoms with Crippen LogP contribution in [0.1, 0.15) is 27.6 Å². The smallest absolute Gasteiger partial charge is 0.273 e. The Hall–Kier alpha value is -5.44. The molecule has 4 heterocycles. The number of aromatic amines is 1. The van der Waals surface area contributed by atoms with Crippen LogP contribution in [0.2, 0.25) is 0 Å². The number of hydrogen-bond acceptors (Lipinski definition) is 6. The highest BCUT2D eigenvalue weighted by molar-refractivity contribution is 5.96. The van der Waals surface area contributed by atoms with Gasteiger partial charge in [0.05, 0.1) is 28.8 Å². The van der Waals surface area contributed by atoms with Gasteiger partial charge in [0.25, 0.3) is 5.91 Å². The minimum atomic E-state index is -0.354. The molecule has 1 amide bonds. The number of pyridine rings is 2. The van der Waals surface area contributed by atoms with Gasteiger partial charge in [-0.3, -0.25) is 9.78 Å². The topological polar surface area (TPSA) is 110 Å². The Morgan fingerprint density at radius 2 is 1.80 bits per heavy atom. The van der Waals surface area contributed by atoms with E-state index in [1.165, 1.54) is 12.3 Å². The summed E-state index contributed by atoms with van der Waals surface area (Å²) in [5.74, 6) is 0.307. The van der Waals surface area contributed by atoms with E-state index in [9.17, 15) is 9.18 Å². The molecule has 200 valence electrons. The second-order valence-electron chi connectivity index (χ2n) is 9.74. The van der Waals surface area contributed by atoms with Gasteiger partial charge in [-0.2, -0.15) is 0 Å². The summed E-state index contributed by atoms with van der Waals surface area (Å²) in [6.07, 6.45) is 4.21. The van der Waals surface area contributed by atoms with Crippen molar-refractivity contribution in [1.82, 2.24) is 30.2 Å². The molecule has 0 saturated carbocycles. The summed E-state index contributed by atoms with van der Waals surface area (Å²) in [5, 5.41) is 4.85. The molecule has 7 rings (SSSR count). The molecule has 8 nitrogen and oxygen atoms in total. The van der Waals surface area contributed by atoms with Crippen molar-refractivity contribution in [2.75, 3.05) is 0 Å². The van der Waals surface area contributed by atoms with Crippen molar-refractivity contribution in [1.29, 1.82) is 0 Å². The number of amides is 1. The predicted octanol–water partition coefficient (Wildman–Crippen LogP) is 6.17. The monoisotopic (exact) mass is 542 g/mol. The zero-order valence-electron chi connectivity index (χ0n) is 21.8. The average molecular weight is 543 g/mol. The van der Waals surface area contributed by atoms with Crippen LogP contribution in [0.4, 0.5) is 4.39 Å². The number of benzene rings is 3. The molecule has 3 aromatic carbocycles. The van der Waals surface area contributed by atoms with Crippen LogP contribution in [0.15, 0.2) is 95.7 Å². The zero-order chi connectivity index (χ0) is 27.8. The van der Waals surface area contributed by atoms with Gasteiger partial charge in [-0.05, 0) is 60.5 Å². The number of H-pyrrole nitrogens is 1. The first-order valence-electron chi connectivity index (χ1n) is 13.2. The summed E-state index contributed by atoms with van der Waals surface area (Å²) in [7, 11) is 0. The van der Waals surface area contributed by atoms with Crippen molar-refractivity contribution in [2.24, 2.45) is 0 Å². The minimum absolute atomic E-state index is 0.174. The lowest BCUT2D eigenvalue weighted by Gasteiger charge is -2.10. The van der Waals surface area contributed by atoms with E-state index in [2.05, 4.69) is 31.3 Å². The summed E-state index contributed by atoms with van der Waals surface area (Å²) in [4.78, 5) is 34.0. The van der Waals surface area contributed by atoms with Gasteiger partial charge in [-0.25, -0.2) is 19.3 Å². The number of aryl methyl sites for hydroxylation is 2. The maximum atomic E-state index is 14.2. The number of rotatable bonds is 7. The Bertz CT molecular complexity index is 2050. The molecule has 9 heteroatoms. The number of nitrogens with one attached hydrogen (secondary N) is 2. The summed E-state index contributed by atoms with van der Waals surface area (Å²) < 4.78 is 20.0. The fourth-order valence-corrected chi connectivity index (χ4v) is 4.98. The Balaban J connectivity index is 1.22. The number of oxazole rings is 1. The number of carbonyl (C=O) groups is 1. The van der Waals surface area contributed by atoms with Crippen molar-refractivity contribution < 1.29 is 13.6 Å². The number of aromatic nitrogens is 5. The lowest BCUT2D eigenvalue weighted by atomic mass is 9.98. The Morgan fingerprint density at radius 3 is 2.68 bits per heavy atom. The lowest BCUT2D eigenvalue weighted by molar-refractivity contribution is 0.0945. The molecule has 41 heavy (non-hydrogen) atoms. The molecule has 7 aromatic rings. The molecule has 0 fully saturated rings. The fraction of sp³-hybridized carbons (Fsp3) is 0.0938. The Labute approximate surface area is 233 Å². The number of carbonyl (C=O) groups excluding carboxylic acids is 1. The highest BCUT2D eigenvalue weighted by Gasteiger charge is 2.17. The molecule has 0 aliphatic rings. The average Bonchev–Trinajstić information content (AvgIpc) is 3.67. The summed E-state index contributed by atoms with van der Waals surface area (Å²) >= 11 is 0. The van der Waals surface area contributed by atoms with Crippen LogP contribution in [0.3, 0.4) is 0 Å². The molecule has 0 radical (unpaired) electrons. The van der Waals surface area contributed by atoms with Crippen LogP contribution in [-0.4, -0.2) is 30.8 Å². The number of imidazole rings is 1. The van der Waals surface area contributed by atoms with Gasteiger partial charge in [0.1, 0.15) is 17.6 Å². The normalized spacial score (nSPS) is 11.4. The maximum absolute atomic E-state index is 14.2. The van der Waals surface area contributed by atoms with E-state index in [1.807, 2.05) is 60.7 Å². The third kappa shape index (κ3) is 4.89. The van der Waals surface area contributed by atoms with Gasteiger partial charge in [0.2, 0.25) is 5.89 Å². The van der Waals surface area contributed by atoms with E-state index in [0.717, 1.165) is 33.1 Å². The fourth-order valence-electron chi connectivity index (χ4n) is 4.98. The van der Waals surface area contributed by atoms with Gasteiger partial charge in [0, 0.05) is 29.0 Å². The van der Waals surface area contributed by atoms with Crippen molar-refractivity contribution in [3.63, 3.8) is 0 Å². The number of hydrogen-bond donors (Lipinski definition) is 2. The molecule has 0 aliphatic heterocycles. The Kier molecular flexibility index (Phi) is 6.16. The summed E-state index contributed by atoms with van der Waals surface area (Å²) in [6.45, 7) is 0.282. The first kappa shape index (κ1) is 24.6. The van der Waals surface area contributed by atoms with E-state index in [-0.39, 0.29) is 24.0 Å². The number of halogens is 1. The maximum Gasteiger partial charge on any atom is 0.273 e. The van der Waals surface area contributed by atoms with E-state index in [0.29, 0.717) is 41.2 Å². The Morgan fingerprint density at radius 1 is 0.902 bits per heavy atom. The molecule has 0 unspecified atom stereocenters. The van der Waals surface area contributed by atoms with E-state index in [4.69, 9.17) is 9.40 Å². The van der Waals surface area contributed by atoms with Crippen molar-refractivity contribution in [3.05, 3.63) is 120 Å². The second-order valence-corrected chi connectivity index (χ2v) is 9.74. The highest BCUT2D eigenvalue weighted by Crippen LogP contribution is 2.30. The van der Waals surface area contributed by atoms with Crippen molar-refractivity contribution in [2.45, 2.75) is 19.4 Å². The largest absolute Gasteiger partial charge is 0.444 e. The first-order chi connectivity index (χ1) is 20.1. The van der Waals surface area contributed by atoms with Crippen LogP contribution >= 0.6 is 0 Å². The van der Waals surface area contributed by atoms with Crippen LogP contribution in [0.25, 0.3) is 44.3 Å². The van der Waals surface area contributed by atoms with Crippen LogP contribution in [0.5, 0.6) is 0 Å². The third-order valence-corrected chi connectivity index (χ3v) is 7.00. The van der Waals surface area contributed by atoms with E-state index >= 15 is 0 Å². The molecule has 0 bridgehead atoms. The van der Waals surface area contributed by atoms with E-state index < -0.39 is 0 Å². The quantitative estimate of drug-likeness (QED) is 0.233. The zero-order valence-corrected chi connectivity index (χ0v) is 21.8. The molecule has 0 spiro atoms. The minimum Gasteiger partial charge on any atom is -0.444 e. The lowest BCUT2D eigenvalue weighted by Crippen LogP contribution is -2.23. The van der Waals surface area contributed by atoms with Crippen LogP contribution in [-0.2, 0) is 19.4 Å². The summed E-state index contributed by atoms with van der Waals surface area (Å²) in [6, 6.07) is 24.4. The van der Waals surface area contributed by atoms with E-state index in [1.54, 1.807) is 12.3 Å². The van der Waals surface area contributed by atoms with Gasteiger partial charge >= 0.3 is 0 Å². The molecule has 0 saturated heterocycles. The molecule has 4 aromatic heterocycles. The summed E-state index contributed by atoms with van der Waals surface area (Å²) in [5.41, 5.74) is 5.29. The number of fused-ring (bicyclic) bond motifs is 3. The number of para-hydroxylation sites is 2. The number of nitrogens with zero attached hydrogens (tertiary/aromatic N) is 4. The molecular formula is C32H23FN6O2. The second kappa shape index (κ2) is 10.3. The first-order valence-corrected chi connectivity index (χ1v) is 13.2. The predicted molar refractivity (Wildman–Crippen MR) is 154 cm³/mol. The van der Waals surface area contributed by atoms with Crippen LogP contribution < -0.4 is 5.32 Å². The van der Waals surface area contributed by atoms with Gasteiger partial charge in [0.15, 0.2) is 11.5 Å². The molecule has 0 atom stereocenters. The van der Waals surface area contributed by atoms with Crippen molar-refractivity contribution >= 4 is 38.7 Å². The standard InChI is InChI=1S/C32H23FN6O2/c33-24-8-5-10-26-30(24)39-29(37-26)12-11-19-14-21(16-27-23(19)15-20-6-1-2-9-25(20)36-27)32-38-28(18-41-32)31(40)35-17-22-7-3-4-13-34-22/h1-10,13-16,18H,11-12,17H2,(H,35,40)(H,37,39). The molecule has 0 aliphatic carbocycles. The van der Waals surface area contributed by atoms with Crippen LogP contribution in [0, 0.1) is 5.82 Å². The molecule has 2 N–H and O–H groups in total. The molecular weight excluding hydrogens is 519 g/mol. The van der Waals surface area contributed by atoms with Crippen molar-refractivity contribution in [3.8, 4) is 11.5 Å². The SMILES string of the molecule is O=C(NCc1ccccn1)c1coc(-c2cc(CCc3nc4c(F)cccc4[nH]3)c3cc4ccccc4nc3c2)n1.